The number of carbonyl (C=O) groups is 3. The van der Waals surface area contributed by atoms with E-state index in [0.717, 1.165) is 30.6 Å². The first-order valence-electron chi connectivity index (χ1n) is 8.27. The third-order valence-electron chi connectivity index (χ3n) is 4.89. The number of imide groups is 1. The smallest absolute Gasteiger partial charge is 0.243 e. The molecule has 0 radical (unpaired) electrons. The average molecular weight is 334 g/mol. The summed E-state index contributed by atoms with van der Waals surface area (Å²) in [4.78, 5) is 41.5. The van der Waals surface area contributed by atoms with Gasteiger partial charge < -0.3 is 4.90 Å². The number of nitrogens with zero attached hydrogens (tertiary/aromatic N) is 2. The predicted molar refractivity (Wildman–Crippen MR) is 87.6 cm³/mol. The van der Waals surface area contributed by atoms with Crippen LogP contribution in [0.3, 0.4) is 0 Å². The molecule has 3 amide bonds. The number of hydrogen-bond acceptors (Lipinski definition) is 4. The van der Waals surface area contributed by atoms with E-state index in [-0.39, 0.29) is 36.1 Å². The Balaban J connectivity index is 1.66. The molecule has 23 heavy (non-hydrogen) atoms. The van der Waals surface area contributed by atoms with Crippen LogP contribution < -0.4 is 0 Å². The topological polar surface area (TPSA) is 57.7 Å². The highest BCUT2D eigenvalue weighted by Crippen LogP contribution is 2.37. The Labute approximate surface area is 140 Å². The van der Waals surface area contributed by atoms with Crippen molar-refractivity contribution in [2.24, 2.45) is 11.8 Å². The third kappa shape index (κ3) is 3.17. The van der Waals surface area contributed by atoms with Crippen LogP contribution in [0.15, 0.2) is 17.5 Å². The van der Waals surface area contributed by atoms with Crippen molar-refractivity contribution in [2.75, 3.05) is 13.1 Å². The van der Waals surface area contributed by atoms with Crippen molar-refractivity contribution in [1.82, 2.24) is 9.80 Å². The highest BCUT2D eigenvalue weighted by atomic mass is 32.1. The zero-order chi connectivity index (χ0) is 16.4. The summed E-state index contributed by atoms with van der Waals surface area (Å²) >= 11 is 1.60. The van der Waals surface area contributed by atoms with Crippen molar-refractivity contribution in [3.05, 3.63) is 22.4 Å². The molecule has 1 saturated carbocycles. The Morgan fingerprint density at radius 2 is 1.91 bits per heavy atom. The van der Waals surface area contributed by atoms with Gasteiger partial charge in [-0.3, -0.25) is 19.3 Å². The van der Waals surface area contributed by atoms with E-state index in [0.29, 0.717) is 13.1 Å². The van der Waals surface area contributed by atoms with Gasteiger partial charge in [0.1, 0.15) is 6.54 Å². The Bertz CT molecular complexity index is 575. The van der Waals surface area contributed by atoms with E-state index in [1.165, 1.54) is 4.90 Å². The van der Waals surface area contributed by atoms with E-state index in [4.69, 9.17) is 0 Å². The van der Waals surface area contributed by atoms with E-state index in [1.807, 2.05) is 24.4 Å². The molecule has 1 saturated heterocycles. The quantitative estimate of drug-likeness (QED) is 0.776. The number of carbonyl (C=O) groups excluding carboxylic acids is 3. The summed E-state index contributed by atoms with van der Waals surface area (Å²) in [6.45, 7) is 2.92. The molecule has 2 heterocycles. The Kier molecular flexibility index (Phi) is 4.80. The lowest BCUT2D eigenvalue weighted by Gasteiger charge is -2.23. The molecular formula is C17H22N2O3S. The first-order valence-corrected chi connectivity index (χ1v) is 9.15. The number of amides is 3. The summed E-state index contributed by atoms with van der Waals surface area (Å²) in [6.07, 6.45) is 3.57. The van der Waals surface area contributed by atoms with Gasteiger partial charge in [-0.2, -0.15) is 0 Å². The van der Waals surface area contributed by atoms with Gasteiger partial charge in [-0.15, -0.1) is 11.3 Å². The number of hydrogen-bond donors (Lipinski definition) is 0. The van der Waals surface area contributed by atoms with Gasteiger partial charge in [0.2, 0.25) is 17.7 Å². The molecule has 0 bridgehead atoms. The van der Waals surface area contributed by atoms with Crippen molar-refractivity contribution in [3.8, 4) is 0 Å². The van der Waals surface area contributed by atoms with Gasteiger partial charge in [0.05, 0.1) is 18.4 Å². The molecule has 0 spiro atoms. The summed E-state index contributed by atoms with van der Waals surface area (Å²) in [5.74, 6) is -0.797. The molecule has 0 N–H and O–H groups in total. The predicted octanol–water partition coefficient (Wildman–Crippen LogP) is 2.27. The monoisotopic (exact) mass is 334 g/mol. The van der Waals surface area contributed by atoms with Crippen molar-refractivity contribution in [2.45, 2.75) is 39.2 Å². The van der Waals surface area contributed by atoms with Crippen molar-refractivity contribution >= 4 is 29.1 Å². The molecule has 1 aliphatic carbocycles. The van der Waals surface area contributed by atoms with Gasteiger partial charge in [0.25, 0.3) is 0 Å². The van der Waals surface area contributed by atoms with Gasteiger partial charge in [0, 0.05) is 11.4 Å². The minimum absolute atomic E-state index is 0.107. The molecule has 1 aromatic heterocycles. The summed E-state index contributed by atoms with van der Waals surface area (Å²) in [5.41, 5.74) is 0. The Hall–Kier alpha value is -1.69. The van der Waals surface area contributed by atoms with Crippen LogP contribution in [-0.2, 0) is 20.9 Å². The fourth-order valence-corrected chi connectivity index (χ4v) is 4.31. The lowest BCUT2D eigenvalue weighted by atomic mass is 9.81. The zero-order valence-electron chi connectivity index (χ0n) is 13.4. The zero-order valence-corrected chi connectivity index (χ0v) is 14.2. The summed E-state index contributed by atoms with van der Waals surface area (Å²) in [7, 11) is 0. The molecule has 2 fully saturated rings. The lowest BCUT2D eigenvalue weighted by molar-refractivity contribution is -0.146. The van der Waals surface area contributed by atoms with Crippen molar-refractivity contribution in [3.63, 3.8) is 0 Å². The molecule has 3 rings (SSSR count). The maximum atomic E-state index is 12.5. The molecule has 5 nitrogen and oxygen atoms in total. The van der Waals surface area contributed by atoms with Gasteiger partial charge >= 0.3 is 0 Å². The number of thiophene rings is 1. The van der Waals surface area contributed by atoms with Crippen LogP contribution in [0.25, 0.3) is 0 Å². The van der Waals surface area contributed by atoms with Crippen LogP contribution in [-0.4, -0.2) is 40.6 Å². The SMILES string of the molecule is CCN(Cc1cccs1)C(=O)CN1C(=O)C2CCCCC2C1=O. The van der Waals surface area contributed by atoms with Gasteiger partial charge in [-0.1, -0.05) is 18.9 Å². The molecule has 124 valence electrons. The fourth-order valence-electron chi connectivity index (χ4n) is 3.59. The van der Waals surface area contributed by atoms with Crippen LogP contribution in [0.1, 0.15) is 37.5 Å². The minimum atomic E-state index is -0.184. The number of likely N-dealkylation sites (N-methyl/N-ethyl adjacent to an activating group) is 1. The molecular weight excluding hydrogens is 312 g/mol. The van der Waals surface area contributed by atoms with Crippen LogP contribution in [0.2, 0.25) is 0 Å². The molecule has 2 atom stereocenters. The molecule has 1 aliphatic heterocycles. The summed E-state index contributed by atoms with van der Waals surface area (Å²) < 4.78 is 0. The average Bonchev–Trinajstić information content (AvgIpc) is 3.16. The van der Waals surface area contributed by atoms with Gasteiger partial charge in [-0.05, 0) is 31.2 Å². The maximum absolute atomic E-state index is 12.5. The number of fused-ring (bicyclic) bond motifs is 1. The van der Waals surface area contributed by atoms with E-state index in [1.54, 1.807) is 16.2 Å². The van der Waals surface area contributed by atoms with E-state index >= 15 is 0 Å². The van der Waals surface area contributed by atoms with E-state index in [9.17, 15) is 14.4 Å². The van der Waals surface area contributed by atoms with E-state index < -0.39 is 0 Å². The molecule has 2 aliphatic rings. The van der Waals surface area contributed by atoms with Crippen LogP contribution >= 0.6 is 11.3 Å². The molecule has 2 unspecified atom stereocenters. The minimum Gasteiger partial charge on any atom is -0.336 e. The maximum Gasteiger partial charge on any atom is 0.243 e. The van der Waals surface area contributed by atoms with Gasteiger partial charge in [0.15, 0.2) is 0 Å². The largest absolute Gasteiger partial charge is 0.336 e. The van der Waals surface area contributed by atoms with Crippen LogP contribution in [0.5, 0.6) is 0 Å². The number of rotatable bonds is 5. The molecule has 0 aromatic carbocycles. The normalized spacial score (nSPS) is 24.0. The standard InChI is InChI=1S/C17H22N2O3S/c1-2-18(10-12-6-5-9-23-12)15(20)11-19-16(21)13-7-3-4-8-14(13)17(19)22/h5-6,9,13-14H,2-4,7-8,10-11H2,1H3. The first kappa shape index (κ1) is 16.2. The lowest BCUT2D eigenvalue weighted by Crippen LogP contribution is -2.42. The number of likely N-dealkylation sites (tertiary alicyclic amines) is 1. The second-order valence-electron chi connectivity index (χ2n) is 6.25. The molecule has 1 aromatic rings. The third-order valence-corrected chi connectivity index (χ3v) is 5.75. The van der Waals surface area contributed by atoms with Crippen LogP contribution in [0, 0.1) is 11.8 Å². The van der Waals surface area contributed by atoms with Crippen LogP contribution in [0.4, 0.5) is 0 Å². The first-order chi connectivity index (χ1) is 11.1. The van der Waals surface area contributed by atoms with E-state index in [2.05, 4.69) is 0 Å². The van der Waals surface area contributed by atoms with Crippen molar-refractivity contribution in [1.29, 1.82) is 0 Å². The Morgan fingerprint density at radius 3 is 2.43 bits per heavy atom. The second-order valence-corrected chi connectivity index (χ2v) is 7.28. The van der Waals surface area contributed by atoms with Gasteiger partial charge in [-0.25, -0.2) is 0 Å². The highest BCUT2D eigenvalue weighted by Gasteiger charge is 2.48. The second kappa shape index (κ2) is 6.83. The molecule has 6 heteroatoms. The van der Waals surface area contributed by atoms with Crippen molar-refractivity contribution < 1.29 is 14.4 Å². The summed E-state index contributed by atoms with van der Waals surface area (Å²) in [5, 5.41) is 1.98. The fraction of sp³-hybridized carbons (Fsp3) is 0.588. The Morgan fingerprint density at radius 1 is 1.26 bits per heavy atom. The highest BCUT2D eigenvalue weighted by molar-refractivity contribution is 7.09. The summed E-state index contributed by atoms with van der Waals surface area (Å²) in [6, 6.07) is 3.94.